The maximum absolute atomic E-state index is 11.7. The van der Waals surface area contributed by atoms with E-state index >= 15 is 0 Å². The van der Waals surface area contributed by atoms with E-state index in [9.17, 15) is 9.59 Å². The summed E-state index contributed by atoms with van der Waals surface area (Å²) in [6, 6.07) is 0.238. The lowest BCUT2D eigenvalue weighted by molar-refractivity contribution is -0.122. The Morgan fingerprint density at radius 2 is 2.38 bits per heavy atom. The van der Waals surface area contributed by atoms with Crippen molar-refractivity contribution in [3.05, 3.63) is 20.7 Å². The van der Waals surface area contributed by atoms with E-state index in [1.165, 1.54) is 17.4 Å². The van der Waals surface area contributed by atoms with Crippen LogP contribution in [0.15, 0.2) is 10.2 Å². The maximum Gasteiger partial charge on any atom is 0.307 e. The number of aryl methyl sites for hydroxylation is 1. The fourth-order valence-electron chi connectivity index (χ4n) is 1.75. The molecule has 1 fully saturated rings. The van der Waals surface area contributed by atoms with Crippen LogP contribution in [-0.2, 0) is 11.3 Å². The lowest BCUT2D eigenvalue weighted by atomic mass is 10.2. The average molecular weight is 240 g/mol. The summed E-state index contributed by atoms with van der Waals surface area (Å²) in [5, 5.41) is 4.72. The number of thiazole rings is 1. The fraction of sp³-hybridized carbons (Fsp3) is 0.636. The minimum atomic E-state index is -0.0667. The molecule has 2 rings (SSSR count). The van der Waals surface area contributed by atoms with Gasteiger partial charge in [-0.15, -0.1) is 0 Å². The zero-order chi connectivity index (χ0) is 11.7. The second kappa shape index (κ2) is 4.41. The van der Waals surface area contributed by atoms with Crippen LogP contribution >= 0.6 is 11.3 Å². The Balaban J connectivity index is 1.94. The van der Waals surface area contributed by atoms with Gasteiger partial charge in [0.1, 0.15) is 6.54 Å². The molecule has 1 aliphatic rings. The second-order valence-electron chi connectivity index (χ2n) is 4.42. The van der Waals surface area contributed by atoms with Crippen LogP contribution in [0, 0.1) is 12.8 Å². The number of nitrogens with zero attached hydrogens (tertiary/aromatic N) is 1. The number of amides is 1. The van der Waals surface area contributed by atoms with Crippen molar-refractivity contribution in [3.63, 3.8) is 0 Å². The van der Waals surface area contributed by atoms with Gasteiger partial charge in [-0.05, 0) is 32.6 Å². The predicted octanol–water partition coefficient (Wildman–Crippen LogP) is 1.13. The quantitative estimate of drug-likeness (QED) is 0.858. The van der Waals surface area contributed by atoms with E-state index in [1.54, 1.807) is 5.38 Å². The first-order valence-corrected chi connectivity index (χ1v) is 6.40. The van der Waals surface area contributed by atoms with Crippen LogP contribution in [0.3, 0.4) is 0 Å². The SMILES string of the molecule is Cc1csc(=O)n1CC(=O)N[C@@H](C)C1CC1. The number of hydrogen-bond donors (Lipinski definition) is 1. The Kier molecular flexibility index (Phi) is 3.14. The zero-order valence-corrected chi connectivity index (χ0v) is 10.3. The van der Waals surface area contributed by atoms with E-state index < -0.39 is 0 Å². The molecule has 1 atom stereocenters. The Morgan fingerprint density at radius 1 is 1.69 bits per heavy atom. The first-order valence-electron chi connectivity index (χ1n) is 5.52. The van der Waals surface area contributed by atoms with E-state index in [0.717, 1.165) is 17.0 Å². The van der Waals surface area contributed by atoms with Gasteiger partial charge in [-0.1, -0.05) is 11.3 Å². The number of nitrogens with one attached hydrogen (secondary N) is 1. The molecule has 5 heteroatoms. The van der Waals surface area contributed by atoms with E-state index in [0.29, 0.717) is 5.92 Å². The summed E-state index contributed by atoms with van der Waals surface area (Å²) in [4.78, 5) is 23.0. The van der Waals surface area contributed by atoms with Gasteiger partial charge in [-0.3, -0.25) is 14.2 Å². The van der Waals surface area contributed by atoms with Crippen molar-refractivity contribution >= 4 is 17.2 Å². The third-order valence-corrected chi connectivity index (χ3v) is 3.88. The summed E-state index contributed by atoms with van der Waals surface area (Å²) in [6.45, 7) is 4.01. The third kappa shape index (κ3) is 2.52. The average Bonchev–Trinajstić information content (AvgIpc) is 3.01. The Bertz CT molecular complexity index is 445. The molecule has 0 bridgehead atoms. The molecule has 1 aliphatic carbocycles. The second-order valence-corrected chi connectivity index (χ2v) is 5.24. The molecule has 1 aromatic heterocycles. The van der Waals surface area contributed by atoms with Crippen molar-refractivity contribution < 1.29 is 4.79 Å². The van der Waals surface area contributed by atoms with Crippen molar-refractivity contribution in [2.24, 2.45) is 5.92 Å². The topological polar surface area (TPSA) is 51.1 Å². The van der Waals surface area contributed by atoms with Crippen molar-refractivity contribution in [2.75, 3.05) is 0 Å². The highest BCUT2D eigenvalue weighted by molar-refractivity contribution is 7.07. The lowest BCUT2D eigenvalue weighted by Gasteiger charge is -2.13. The Hall–Kier alpha value is -1.10. The van der Waals surface area contributed by atoms with Crippen LogP contribution < -0.4 is 10.2 Å². The summed E-state index contributed by atoms with van der Waals surface area (Å²) >= 11 is 1.14. The van der Waals surface area contributed by atoms with Gasteiger partial charge in [-0.25, -0.2) is 0 Å². The smallest absolute Gasteiger partial charge is 0.307 e. The van der Waals surface area contributed by atoms with Crippen molar-refractivity contribution in [3.8, 4) is 0 Å². The monoisotopic (exact) mass is 240 g/mol. The van der Waals surface area contributed by atoms with Crippen LogP contribution in [-0.4, -0.2) is 16.5 Å². The molecule has 0 spiro atoms. The molecule has 88 valence electrons. The van der Waals surface area contributed by atoms with Crippen molar-refractivity contribution in [1.29, 1.82) is 0 Å². The highest BCUT2D eigenvalue weighted by Crippen LogP contribution is 2.32. The van der Waals surface area contributed by atoms with Crippen LogP contribution in [0.5, 0.6) is 0 Å². The molecule has 0 aliphatic heterocycles. The highest BCUT2D eigenvalue weighted by atomic mass is 32.1. The predicted molar refractivity (Wildman–Crippen MR) is 63.6 cm³/mol. The van der Waals surface area contributed by atoms with E-state index in [4.69, 9.17) is 0 Å². The molecule has 1 saturated carbocycles. The zero-order valence-electron chi connectivity index (χ0n) is 9.53. The van der Waals surface area contributed by atoms with Crippen LogP contribution in [0.2, 0.25) is 0 Å². The van der Waals surface area contributed by atoms with E-state index in [1.807, 2.05) is 13.8 Å². The largest absolute Gasteiger partial charge is 0.352 e. The minimum Gasteiger partial charge on any atom is -0.352 e. The van der Waals surface area contributed by atoms with Crippen molar-refractivity contribution in [2.45, 2.75) is 39.3 Å². The van der Waals surface area contributed by atoms with Crippen LogP contribution in [0.25, 0.3) is 0 Å². The Labute approximate surface area is 98.3 Å². The molecule has 4 nitrogen and oxygen atoms in total. The van der Waals surface area contributed by atoms with Crippen LogP contribution in [0.1, 0.15) is 25.5 Å². The van der Waals surface area contributed by atoms with Gasteiger partial charge in [0.2, 0.25) is 5.91 Å². The van der Waals surface area contributed by atoms with Gasteiger partial charge in [0.05, 0.1) is 0 Å². The highest BCUT2D eigenvalue weighted by Gasteiger charge is 2.28. The number of rotatable bonds is 4. The number of aromatic nitrogens is 1. The molecule has 1 N–H and O–H groups in total. The molecule has 0 unspecified atom stereocenters. The lowest BCUT2D eigenvalue weighted by Crippen LogP contribution is -2.37. The summed E-state index contributed by atoms with van der Waals surface area (Å²) in [5.41, 5.74) is 0.851. The normalized spacial score (nSPS) is 17.1. The molecular weight excluding hydrogens is 224 g/mol. The molecule has 0 aromatic carbocycles. The third-order valence-electron chi connectivity index (χ3n) is 3.00. The first kappa shape index (κ1) is 11.4. The minimum absolute atomic E-state index is 0.0632. The number of carbonyl (C=O) groups is 1. The van der Waals surface area contributed by atoms with Gasteiger partial charge < -0.3 is 5.32 Å². The summed E-state index contributed by atoms with van der Waals surface area (Å²) in [7, 11) is 0. The van der Waals surface area contributed by atoms with Gasteiger partial charge >= 0.3 is 4.87 Å². The van der Waals surface area contributed by atoms with E-state index in [2.05, 4.69) is 5.32 Å². The molecular formula is C11H16N2O2S. The van der Waals surface area contributed by atoms with Gasteiger partial charge in [-0.2, -0.15) is 0 Å². The van der Waals surface area contributed by atoms with Crippen molar-refractivity contribution in [1.82, 2.24) is 9.88 Å². The fourth-order valence-corrected chi connectivity index (χ4v) is 2.49. The molecule has 16 heavy (non-hydrogen) atoms. The van der Waals surface area contributed by atoms with Gasteiger partial charge in [0, 0.05) is 17.1 Å². The molecule has 1 heterocycles. The summed E-state index contributed by atoms with van der Waals surface area (Å²) < 4.78 is 1.51. The van der Waals surface area contributed by atoms with Gasteiger partial charge in [0.25, 0.3) is 0 Å². The standard InChI is InChI=1S/C11H16N2O2S/c1-7-6-16-11(15)13(7)5-10(14)12-8(2)9-3-4-9/h6,8-9H,3-5H2,1-2H3,(H,12,14)/t8-/m0/s1. The van der Waals surface area contributed by atoms with Crippen LogP contribution in [0.4, 0.5) is 0 Å². The molecule has 1 aromatic rings. The molecule has 1 amide bonds. The maximum atomic E-state index is 11.7. The molecule has 0 saturated heterocycles. The summed E-state index contributed by atoms with van der Waals surface area (Å²) in [5.74, 6) is 0.576. The summed E-state index contributed by atoms with van der Waals surface area (Å²) in [6.07, 6.45) is 2.41. The molecule has 0 radical (unpaired) electrons. The van der Waals surface area contributed by atoms with Gasteiger partial charge in [0.15, 0.2) is 0 Å². The first-order chi connectivity index (χ1) is 7.58. The number of carbonyl (C=O) groups excluding carboxylic acids is 1. The van der Waals surface area contributed by atoms with E-state index in [-0.39, 0.29) is 23.4 Å². The Morgan fingerprint density at radius 3 is 2.88 bits per heavy atom. The number of hydrogen-bond acceptors (Lipinski definition) is 3.